The number of hydrogen-bond acceptors (Lipinski definition) is 2. The van der Waals surface area contributed by atoms with E-state index >= 15 is 0 Å². The molecule has 0 saturated carbocycles. The van der Waals surface area contributed by atoms with E-state index < -0.39 is 0 Å². The van der Waals surface area contributed by atoms with Gasteiger partial charge in [0.05, 0.1) is 5.69 Å². The Labute approximate surface area is 132 Å². The van der Waals surface area contributed by atoms with Gasteiger partial charge in [0.25, 0.3) is 0 Å². The van der Waals surface area contributed by atoms with Gasteiger partial charge in [-0.15, -0.1) is 0 Å². The quantitative estimate of drug-likeness (QED) is 0.882. The van der Waals surface area contributed by atoms with Crippen LogP contribution in [0.3, 0.4) is 0 Å². The molecule has 2 nitrogen and oxygen atoms in total. The van der Waals surface area contributed by atoms with Crippen LogP contribution >= 0.6 is 11.6 Å². The fourth-order valence-corrected chi connectivity index (χ4v) is 3.39. The Balaban J connectivity index is 2.38. The number of benzene rings is 1. The molecule has 1 aromatic rings. The van der Waals surface area contributed by atoms with Crippen molar-refractivity contribution in [1.29, 1.82) is 0 Å². The van der Waals surface area contributed by atoms with E-state index in [4.69, 9.17) is 11.6 Å². The van der Waals surface area contributed by atoms with Crippen molar-refractivity contribution in [3.05, 3.63) is 29.0 Å². The van der Waals surface area contributed by atoms with Crippen LogP contribution in [0.5, 0.6) is 0 Å². The van der Waals surface area contributed by atoms with Gasteiger partial charge in [0.1, 0.15) is 5.82 Å². The average molecular weight is 313 g/mol. The molecular formula is C17H26ClFN2. The molecule has 0 aliphatic carbocycles. The molecule has 4 heteroatoms. The van der Waals surface area contributed by atoms with Gasteiger partial charge < -0.3 is 10.2 Å². The van der Waals surface area contributed by atoms with E-state index in [1.165, 1.54) is 6.07 Å². The Morgan fingerprint density at radius 1 is 1.38 bits per heavy atom. The molecule has 1 unspecified atom stereocenters. The Hall–Kier alpha value is -0.800. The van der Waals surface area contributed by atoms with E-state index in [1.807, 2.05) is 6.07 Å². The topological polar surface area (TPSA) is 15.3 Å². The van der Waals surface area contributed by atoms with E-state index in [2.05, 4.69) is 37.9 Å². The first kappa shape index (κ1) is 16.6. The van der Waals surface area contributed by atoms with Gasteiger partial charge in [0, 0.05) is 29.7 Å². The maximum absolute atomic E-state index is 14.4. The average Bonchev–Trinajstić information content (AvgIpc) is 2.46. The summed E-state index contributed by atoms with van der Waals surface area (Å²) in [6, 6.07) is 5.30. The smallest absolute Gasteiger partial charge is 0.147 e. The lowest BCUT2D eigenvalue weighted by Crippen LogP contribution is -2.65. The molecule has 1 aliphatic heterocycles. The van der Waals surface area contributed by atoms with Crippen molar-refractivity contribution >= 4 is 17.3 Å². The second kappa shape index (κ2) is 6.53. The van der Waals surface area contributed by atoms with Gasteiger partial charge in [-0.05, 0) is 37.0 Å². The van der Waals surface area contributed by atoms with Crippen LogP contribution in [-0.2, 0) is 0 Å². The fraction of sp³-hybridized carbons (Fsp3) is 0.647. The van der Waals surface area contributed by atoms with Crippen molar-refractivity contribution < 1.29 is 4.39 Å². The first-order chi connectivity index (χ1) is 9.92. The van der Waals surface area contributed by atoms with Gasteiger partial charge in [0.2, 0.25) is 0 Å². The predicted molar refractivity (Wildman–Crippen MR) is 88.7 cm³/mol. The van der Waals surface area contributed by atoms with Gasteiger partial charge in [-0.25, -0.2) is 4.39 Å². The zero-order chi connectivity index (χ0) is 15.6. The summed E-state index contributed by atoms with van der Waals surface area (Å²) in [6.45, 7) is 10.5. The Kier molecular flexibility index (Phi) is 5.15. The predicted octanol–water partition coefficient (Wildman–Crippen LogP) is 4.47. The SMILES string of the molecule is CCC1(CC)CN(c2ccc(Cl)cc2F)C(C(C)C)CN1. The van der Waals surface area contributed by atoms with Crippen LogP contribution < -0.4 is 10.2 Å². The Morgan fingerprint density at radius 2 is 2.05 bits per heavy atom. The number of anilines is 1. The minimum atomic E-state index is -0.226. The third-order valence-corrected chi connectivity index (χ3v) is 5.14. The number of rotatable bonds is 4. The molecule has 1 N–H and O–H groups in total. The van der Waals surface area contributed by atoms with Crippen molar-refractivity contribution in [2.24, 2.45) is 5.92 Å². The largest absolute Gasteiger partial charge is 0.363 e. The molecule has 1 fully saturated rings. The number of halogens is 2. The third-order valence-electron chi connectivity index (χ3n) is 4.90. The molecule has 0 spiro atoms. The second-order valence-corrected chi connectivity index (χ2v) is 6.84. The fourth-order valence-electron chi connectivity index (χ4n) is 3.23. The standard InChI is InChI=1S/C17H26ClFN2/c1-5-17(6-2)11-21(16(10-20-17)12(3)4)15-8-7-13(18)9-14(15)19/h7-9,12,16,20H,5-6,10-11H2,1-4H3. The summed E-state index contributed by atoms with van der Waals surface area (Å²) in [5, 5.41) is 4.15. The Morgan fingerprint density at radius 3 is 2.57 bits per heavy atom. The second-order valence-electron chi connectivity index (χ2n) is 6.40. The van der Waals surface area contributed by atoms with Crippen LogP contribution in [0.1, 0.15) is 40.5 Å². The zero-order valence-electron chi connectivity index (χ0n) is 13.4. The molecule has 0 radical (unpaired) electrons. The summed E-state index contributed by atoms with van der Waals surface area (Å²) in [7, 11) is 0. The molecule has 118 valence electrons. The van der Waals surface area contributed by atoms with Crippen molar-refractivity contribution in [2.45, 2.75) is 52.1 Å². The first-order valence-corrected chi connectivity index (χ1v) is 8.27. The van der Waals surface area contributed by atoms with E-state index in [0.29, 0.717) is 22.7 Å². The van der Waals surface area contributed by atoms with Crippen LogP contribution in [0.25, 0.3) is 0 Å². The van der Waals surface area contributed by atoms with Gasteiger partial charge in [-0.3, -0.25) is 0 Å². The van der Waals surface area contributed by atoms with Crippen LogP contribution in [0.15, 0.2) is 18.2 Å². The lowest BCUT2D eigenvalue weighted by Gasteiger charge is -2.50. The molecule has 1 aromatic carbocycles. The number of nitrogens with zero attached hydrogens (tertiary/aromatic N) is 1. The molecule has 0 aromatic heterocycles. The first-order valence-electron chi connectivity index (χ1n) is 7.89. The number of hydrogen-bond donors (Lipinski definition) is 1. The highest BCUT2D eigenvalue weighted by atomic mass is 35.5. The summed E-state index contributed by atoms with van der Waals surface area (Å²) in [5.74, 6) is 0.232. The van der Waals surface area contributed by atoms with Crippen molar-refractivity contribution in [3.63, 3.8) is 0 Å². The van der Waals surface area contributed by atoms with E-state index in [0.717, 1.165) is 25.9 Å². The molecule has 0 amide bonds. The highest BCUT2D eigenvalue weighted by Crippen LogP contribution is 2.32. The number of piperazine rings is 1. The molecule has 21 heavy (non-hydrogen) atoms. The van der Waals surface area contributed by atoms with Crippen LogP contribution in [0.2, 0.25) is 5.02 Å². The van der Waals surface area contributed by atoms with Crippen molar-refractivity contribution in [1.82, 2.24) is 5.32 Å². The van der Waals surface area contributed by atoms with E-state index in [-0.39, 0.29) is 11.4 Å². The maximum Gasteiger partial charge on any atom is 0.147 e. The number of nitrogens with one attached hydrogen (secondary N) is 1. The third kappa shape index (κ3) is 3.35. The summed E-state index contributed by atoms with van der Waals surface area (Å²) >= 11 is 5.89. The van der Waals surface area contributed by atoms with Gasteiger partial charge >= 0.3 is 0 Å². The lowest BCUT2D eigenvalue weighted by atomic mass is 9.86. The molecule has 1 aliphatic rings. The van der Waals surface area contributed by atoms with Crippen LogP contribution in [0.4, 0.5) is 10.1 Å². The van der Waals surface area contributed by atoms with E-state index in [1.54, 1.807) is 6.07 Å². The lowest BCUT2D eigenvalue weighted by molar-refractivity contribution is 0.226. The monoisotopic (exact) mass is 312 g/mol. The highest BCUT2D eigenvalue weighted by molar-refractivity contribution is 6.30. The molecule has 0 bridgehead atoms. The van der Waals surface area contributed by atoms with Gasteiger partial charge in [-0.2, -0.15) is 0 Å². The summed E-state index contributed by atoms with van der Waals surface area (Å²) in [5.41, 5.74) is 0.739. The van der Waals surface area contributed by atoms with Crippen LogP contribution in [-0.4, -0.2) is 24.7 Å². The minimum Gasteiger partial charge on any atom is -0.363 e. The zero-order valence-corrected chi connectivity index (χ0v) is 14.2. The molecule has 1 heterocycles. The normalized spacial score (nSPS) is 21.9. The van der Waals surface area contributed by atoms with Gasteiger partial charge in [-0.1, -0.05) is 39.3 Å². The van der Waals surface area contributed by atoms with E-state index in [9.17, 15) is 4.39 Å². The van der Waals surface area contributed by atoms with Crippen LogP contribution in [0, 0.1) is 11.7 Å². The summed E-state index contributed by atoms with van der Waals surface area (Å²) in [4.78, 5) is 2.24. The highest BCUT2D eigenvalue weighted by Gasteiger charge is 2.38. The minimum absolute atomic E-state index is 0.0669. The molecule has 1 saturated heterocycles. The van der Waals surface area contributed by atoms with Crippen molar-refractivity contribution in [3.8, 4) is 0 Å². The molecular weight excluding hydrogens is 287 g/mol. The molecule has 1 atom stereocenters. The maximum atomic E-state index is 14.4. The molecule has 2 rings (SSSR count). The van der Waals surface area contributed by atoms with Gasteiger partial charge in [0.15, 0.2) is 0 Å². The van der Waals surface area contributed by atoms with Crippen molar-refractivity contribution in [2.75, 3.05) is 18.0 Å². The summed E-state index contributed by atoms with van der Waals surface area (Å²) in [6.07, 6.45) is 2.08. The Bertz CT molecular complexity index is 486. The summed E-state index contributed by atoms with van der Waals surface area (Å²) < 4.78 is 14.4.